The van der Waals surface area contributed by atoms with Gasteiger partial charge in [-0.1, -0.05) is 18.2 Å². The van der Waals surface area contributed by atoms with Gasteiger partial charge in [0.05, 0.1) is 17.5 Å². The van der Waals surface area contributed by atoms with Crippen molar-refractivity contribution < 1.29 is 12.8 Å². The molecule has 1 aromatic heterocycles. The highest BCUT2D eigenvalue weighted by molar-refractivity contribution is 7.91. The SMILES string of the molecule is O=S(=O)(Cc1ccccc1F)Nc1ccc(C2CCCN2)nn1. The molecule has 2 N–H and O–H groups in total. The van der Waals surface area contributed by atoms with Gasteiger partial charge in [0, 0.05) is 5.56 Å². The Hall–Kier alpha value is -2.06. The van der Waals surface area contributed by atoms with Crippen molar-refractivity contribution in [3.8, 4) is 0 Å². The molecule has 1 aromatic carbocycles. The third kappa shape index (κ3) is 4.02. The van der Waals surface area contributed by atoms with Crippen molar-refractivity contribution in [1.29, 1.82) is 0 Å². The number of hydrogen-bond acceptors (Lipinski definition) is 5. The summed E-state index contributed by atoms with van der Waals surface area (Å²) in [4.78, 5) is 0. The van der Waals surface area contributed by atoms with Gasteiger partial charge in [-0.3, -0.25) is 4.72 Å². The van der Waals surface area contributed by atoms with E-state index in [4.69, 9.17) is 0 Å². The standard InChI is InChI=1S/C15H17FN4O2S/c16-12-5-2-1-4-11(12)10-23(21,22)20-15-8-7-14(18-19-15)13-6-3-9-17-13/h1-2,4-5,7-8,13,17H,3,6,9-10H2,(H,19,20). The molecule has 1 fully saturated rings. The Morgan fingerprint density at radius 1 is 1.22 bits per heavy atom. The lowest BCUT2D eigenvalue weighted by Crippen LogP contribution is -2.18. The lowest BCUT2D eigenvalue weighted by atomic mass is 10.1. The van der Waals surface area contributed by atoms with Gasteiger partial charge in [0.15, 0.2) is 5.82 Å². The highest BCUT2D eigenvalue weighted by Gasteiger charge is 2.19. The minimum absolute atomic E-state index is 0.111. The van der Waals surface area contributed by atoms with Crippen LogP contribution in [0.1, 0.15) is 30.1 Å². The number of nitrogens with one attached hydrogen (secondary N) is 2. The molecule has 1 unspecified atom stereocenters. The van der Waals surface area contributed by atoms with Crippen molar-refractivity contribution in [3.63, 3.8) is 0 Å². The molecule has 2 heterocycles. The van der Waals surface area contributed by atoms with E-state index < -0.39 is 21.6 Å². The fraction of sp³-hybridized carbons (Fsp3) is 0.333. The molecule has 2 aromatic rings. The van der Waals surface area contributed by atoms with Crippen LogP contribution in [0, 0.1) is 5.82 Å². The average molecular weight is 336 g/mol. The molecule has 3 rings (SSSR count). The highest BCUT2D eigenvalue weighted by atomic mass is 32.2. The summed E-state index contributed by atoms with van der Waals surface area (Å²) in [7, 11) is -3.75. The Bertz CT molecular complexity index is 774. The first-order chi connectivity index (χ1) is 11.0. The molecule has 0 bridgehead atoms. The molecule has 1 aliphatic rings. The van der Waals surface area contributed by atoms with Gasteiger partial charge in [-0.15, -0.1) is 5.10 Å². The molecule has 0 spiro atoms. The Balaban J connectivity index is 1.69. The predicted octanol–water partition coefficient (Wildman–Crippen LogP) is 1.98. The van der Waals surface area contributed by atoms with E-state index in [1.54, 1.807) is 18.2 Å². The number of rotatable bonds is 5. The van der Waals surface area contributed by atoms with Crippen LogP contribution in [0.4, 0.5) is 10.2 Å². The maximum atomic E-state index is 13.6. The quantitative estimate of drug-likeness (QED) is 0.872. The monoisotopic (exact) mass is 336 g/mol. The van der Waals surface area contributed by atoms with E-state index >= 15 is 0 Å². The molecule has 0 saturated carbocycles. The van der Waals surface area contributed by atoms with E-state index in [9.17, 15) is 12.8 Å². The first-order valence-electron chi connectivity index (χ1n) is 7.34. The summed E-state index contributed by atoms with van der Waals surface area (Å²) in [6, 6.07) is 9.27. The Morgan fingerprint density at radius 2 is 2.04 bits per heavy atom. The predicted molar refractivity (Wildman–Crippen MR) is 84.7 cm³/mol. The minimum Gasteiger partial charge on any atom is -0.309 e. The van der Waals surface area contributed by atoms with Crippen LogP contribution >= 0.6 is 0 Å². The summed E-state index contributed by atoms with van der Waals surface area (Å²) < 4.78 is 40.1. The van der Waals surface area contributed by atoms with Gasteiger partial charge in [0.1, 0.15) is 5.82 Å². The van der Waals surface area contributed by atoms with Gasteiger partial charge in [-0.25, -0.2) is 12.8 Å². The molecule has 0 amide bonds. The van der Waals surface area contributed by atoms with Crippen LogP contribution in [-0.4, -0.2) is 25.2 Å². The van der Waals surface area contributed by atoms with E-state index in [1.807, 2.05) is 0 Å². The Morgan fingerprint density at radius 3 is 2.70 bits per heavy atom. The highest BCUT2D eigenvalue weighted by Crippen LogP contribution is 2.21. The van der Waals surface area contributed by atoms with Gasteiger partial charge >= 0.3 is 0 Å². The van der Waals surface area contributed by atoms with E-state index in [1.165, 1.54) is 18.2 Å². The first-order valence-corrected chi connectivity index (χ1v) is 9.00. The number of sulfonamides is 1. The molecule has 23 heavy (non-hydrogen) atoms. The lowest BCUT2D eigenvalue weighted by Gasteiger charge is -2.10. The number of aromatic nitrogens is 2. The van der Waals surface area contributed by atoms with Crippen LogP contribution < -0.4 is 10.0 Å². The first kappa shape index (κ1) is 15.8. The molecule has 0 aliphatic carbocycles. The number of hydrogen-bond donors (Lipinski definition) is 2. The summed E-state index contributed by atoms with van der Waals surface area (Å²) in [6.45, 7) is 0.948. The average Bonchev–Trinajstić information content (AvgIpc) is 3.04. The van der Waals surface area contributed by atoms with E-state index in [2.05, 4.69) is 20.2 Å². The Labute approximate surface area is 134 Å². The molecule has 122 valence electrons. The van der Waals surface area contributed by atoms with E-state index in [0.717, 1.165) is 25.1 Å². The zero-order valence-electron chi connectivity index (χ0n) is 12.4. The van der Waals surface area contributed by atoms with Crippen molar-refractivity contribution in [1.82, 2.24) is 15.5 Å². The summed E-state index contributed by atoms with van der Waals surface area (Å²) in [6.07, 6.45) is 2.08. The zero-order chi connectivity index (χ0) is 16.3. The maximum Gasteiger partial charge on any atom is 0.238 e. The molecule has 8 heteroatoms. The number of nitrogens with zero attached hydrogens (tertiary/aromatic N) is 2. The van der Waals surface area contributed by atoms with Crippen LogP contribution in [0.5, 0.6) is 0 Å². The molecule has 6 nitrogen and oxygen atoms in total. The normalized spacial score (nSPS) is 18.0. The third-order valence-corrected chi connectivity index (χ3v) is 4.88. The lowest BCUT2D eigenvalue weighted by molar-refractivity contribution is 0.590. The summed E-state index contributed by atoms with van der Waals surface area (Å²) in [5.74, 6) is -0.873. The van der Waals surface area contributed by atoms with Crippen LogP contribution in [0.2, 0.25) is 0 Å². The zero-order valence-corrected chi connectivity index (χ0v) is 13.2. The van der Waals surface area contributed by atoms with Gasteiger partial charge in [-0.2, -0.15) is 5.10 Å². The summed E-state index contributed by atoms with van der Waals surface area (Å²) in [5.41, 5.74) is 0.902. The topological polar surface area (TPSA) is 84.0 Å². The second-order valence-electron chi connectivity index (χ2n) is 5.44. The Kier molecular flexibility index (Phi) is 4.53. The number of anilines is 1. The van der Waals surface area contributed by atoms with Crippen molar-refractivity contribution in [2.24, 2.45) is 0 Å². The third-order valence-electron chi connectivity index (χ3n) is 3.67. The fourth-order valence-electron chi connectivity index (χ4n) is 2.54. The van der Waals surface area contributed by atoms with Crippen molar-refractivity contribution in [2.75, 3.05) is 11.3 Å². The summed E-state index contributed by atoms with van der Waals surface area (Å²) in [5, 5.41) is 11.3. The van der Waals surface area contributed by atoms with Crippen LogP contribution in [0.25, 0.3) is 0 Å². The van der Waals surface area contributed by atoms with Gasteiger partial charge in [0.25, 0.3) is 0 Å². The van der Waals surface area contributed by atoms with E-state index in [0.29, 0.717) is 0 Å². The smallest absolute Gasteiger partial charge is 0.238 e. The van der Waals surface area contributed by atoms with Crippen molar-refractivity contribution in [3.05, 3.63) is 53.5 Å². The molecular weight excluding hydrogens is 319 g/mol. The molecular formula is C15H17FN4O2S. The largest absolute Gasteiger partial charge is 0.309 e. The van der Waals surface area contributed by atoms with Gasteiger partial charge < -0.3 is 5.32 Å². The second-order valence-corrected chi connectivity index (χ2v) is 7.17. The number of benzene rings is 1. The summed E-state index contributed by atoms with van der Waals surface area (Å²) >= 11 is 0. The molecule has 1 saturated heterocycles. The van der Waals surface area contributed by atoms with E-state index in [-0.39, 0.29) is 17.4 Å². The van der Waals surface area contributed by atoms with Crippen LogP contribution in [0.3, 0.4) is 0 Å². The van der Waals surface area contributed by atoms with Gasteiger partial charge in [0.2, 0.25) is 10.0 Å². The molecule has 1 aliphatic heterocycles. The number of halogens is 1. The maximum absolute atomic E-state index is 13.6. The van der Waals surface area contributed by atoms with Gasteiger partial charge in [-0.05, 0) is 37.6 Å². The second kappa shape index (κ2) is 6.59. The molecule has 0 radical (unpaired) electrons. The van der Waals surface area contributed by atoms with Crippen LogP contribution in [0.15, 0.2) is 36.4 Å². The van der Waals surface area contributed by atoms with Crippen LogP contribution in [-0.2, 0) is 15.8 Å². The fourth-order valence-corrected chi connectivity index (χ4v) is 3.68. The van der Waals surface area contributed by atoms with Crippen molar-refractivity contribution in [2.45, 2.75) is 24.6 Å². The molecule has 1 atom stereocenters. The minimum atomic E-state index is -3.75. The van der Waals surface area contributed by atoms with Crippen molar-refractivity contribution >= 4 is 15.8 Å².